The van der Waals surface area contributed by atoms with E-state index < -0.39 is 0 Å². The lowest BCUT2D eigenvalue weighted by Crippen LogP contribution is -2.34. The van der Waals surface area contributed by atoms with Gasteiger partial charge in [-0.15, -0.1) is 0 Å². The fourth-order valence-corrected chi connectivity index (χ4v) is 3.49. The first-order chi connectivity index (χ1) is 10.4. The Morgan fingerprint density at radius 3 is 2.76 bits per heavy atom. The summed E-state index contributed by atoms with van der Waals surface area (Å²) in [5, 5.41) is 8.19. The number of fused-ring (bicyclic) bond motifs is 1. The van der Waals surface area contributed by atoms with Gasteiger partial charge >= 0.3 is 0 Å². The molecular weight excluding hydrogens is 260 g/mol. The van der Waals surface area contributed by atoms with Gasteiger partial charge in [0.15, 0.2) is 0 Å². The molecule has 0 saturated carbocycles. The van der Waals surface area contributed by atoms with Crippen LogP contribution in [0.4, 0.5) is 5.69 Å². The molecule has 2 N–H and O–H groups in total. The second kappa shape index (κ2) is 5.54. The molecule has 1 saturated heterocycles. The van der Waals surface area contributed by atoms with Crippen molar-refractivity contribution in [3.8, 4) is 0 Å². The van der Waals surface area contributed by atoms with E-state index >= 15 is 0 Å². The van der Waals surface area contributed by atoms with E-state index in [0.29, 0.717) is 6.04 Å². The molecule has 21 heavy (non-hydrogen) atoms. The van der Waals surface area contributed by atoms with Crippen molar-refractivity contribution in [2.75, 3.05) is 31.2 Å². The van der Waals surface area contributed by atoms with Gasteiger partial charge in [0.25, 0.3) is 0 Å². The first kappa shape index (κ1) is 12.9. The molecule has 1 aromatic heterocycles. The summed E-state index contributed by atoms with van der Waals surface area (Å²) in [6, 6.07) is 9.55. The quantitative estimate of drug-likeness (QED) is 0.887. The summed E-state index contributed by atoms with van der Waals surface area (Å²) in [5.41, 5.74) is 2.65. The second-order valence-corrected chi connectivity index (χ2v) is 5.88. The monoisotopic (exact) mass is 282 g/mol. The number of hydrogen-bond acceptors (Lipinski definition) is 3. The minimum atomic E-state index is 0.633. The van der Waals surface area contributed by atoms with Crippen molar-refractivity contribution in [2.24, 2.45) is 0 Å². The molecule has 0 amide bonds. The zero-order valence-corrected chi connectivity index (χ0v) is 12.3. The molecule has 4 nitrogen and oxygen atoms in total. The number of aromatic nitrogens is 1. The van der Waals surface area contributed by atoms with Crippen LogP contribution in [-0.2, 0) is 0 Å². The number of rotatable bonds is 2. The van der Waals surface area contributed by atoms with Crippen LogP contribution in [0.1, 0.15) is 18.9 Å². The van der Waals surface area contributed by atoms with E-state index in [4.69, 9.17) is 0 Å². The second-order valence-electron chi connectivity index (χ2n) is 5.88. The van der Waals surface area contributed by atoms with E-state index in [2.05, 4.69) is 62.8 Å². The Kier molecular flexibility index (Phi) is 3.41. The average molecular weight is 282 g/mol. The van der Waals surface area contributed by atoms with Crippen LogP contribution in [0.3, 0.4) is 0 Å². The van der Waals surface area contributed by atoms with Gasteiger partial charge < -0.3 is 14.8 Å². The SMILES string of the molecule is C1=CN(c2cccc3c2ccn3C2CCNCC2)CNC1. The lowest BCUT2D eigenvalue weighted by molar-refractivity contribution is 0.376. The molecule has 0 radical (unpaired) electrons. The molecule has 0 unspecified atom stereocenters. The molecule has 0 spiro atoms. The summed E-state index contributed by atoms with van der Waals surface area (Å²) in [7, 11) is 0. The Morgan fingerprint density at radius 2 is 1.95 bits per heavy atom. The number of nitrogens with one attached hydrogen (secondary N) is 2. The first-order valence-electron chi connectivity index (χ1n) is 7.88. The Morgan fingerprint density at radius 1 is 1.05 bits per heavy atom. The summed E-state index contributed by atoms with van der Waals surface area (Å²) >= 11 is 0. The van der Waals surface area contributed by atoms with Gasteiger partial charge in [-0.05, 0) is 44.1 Å². The summed E-state index contributed by atoms with van der Waals surface area (Å²) in [6.07, 6.45) is 9.07. The van der Waals surface area contributed by atoms with E-state index in [0.717, 1.165) is 26.3 Å². The van der Waals surface area contributed by atoms with Gasteiger partial charge in [0.1, 0.15) is 0 Å². The molecular formula is C17H22N4. The van der Waals surface area contributed by atoms with Gasteiger partial charge in [0.2, 0.25) is 0 Å². The van der Waals surface area contributed by atoms with Crippen molar-refractivity contribution in [2.45, 2.75) is 18.9 Å². The molecule has 0 aliphatic carbocycles. The molecule has 1 aromatic carbocycles. The Labute approximate surface area is 125 Å². The summed E-state index contributed by atoms with van der Waals surface area (Å²) in [6.45, 7) is 4.10. The molecule has 2 aliphatic heterocycles. The molecule has 0 atom stereocenters. The van der Waals surface area contributed by atoms with Crippen LogP contribution in [0.5, 0.6) is 0 Å². The topological polar surface area (TPSA) is 32.2 Å². The van der Waals surface area contributed by atoms with E-state index in [-0.39, 0.29) is 0 Å². The van der Waals surface area contributed by atoms with Gasteiger partial charge in [0, 0.05) is 30.4 Å². The molecule has 0 bridgehead atoms. The molecule has 2 aromatic rings. The predicted molar refractivity (Wildman–Crippen MR) is 87.6 cm³/mol. The fourth-order valence-electron chi connectivity index (χ4n) is 3.49. The third-order valence-electron chi connectivity index (χ3n) is 4.58. The lowest BCUT2D eigenvalue weighted by atomic mass is 10.1. The fraction of sp³-hybridized carbons (Fsp3) is 0.412. The van der Waals surface area contributed by atoms with E-state index in [1.165, 1.54) is 29.4 Å². The van der Waals surface area contributed by atoms with Crippen LogP contribution in [-0.4, -0.2) is 30.9 Å². The maximum atomic E-state index is 3.45. The highest BCUT2D eigenvalue weighted by atomic mass is 15.2. The number of nitrogens with zero attached hydrogens (tertiary/aromatic N) is 2. The van der Waals surface area contributed by atoms with Crippen LogP contribution in [0, 0.1) is 0 Å². The summed E-state index contributed by atoms with van der Waals surface area (Å²) in [4.78, 5) is 2.29. The number of piperidine rings is 1. The standard InChI is InChI=1S/C17H22N4/c1-3-16(20-11-2-8-19-13-20)15-7-12-21(17(15)4-1)14-5-9-18-10-6-14/h1-4,7,11-12,14,18-19H,5-6,8-10,13H2. The van der Waals surface area contributed by atoms with E-state index in [1.54, 1.807) is 0 Å². The molecule has 4 heteroatoms. The highest BCUT2D eigenvalue weighted by Gasteiger charge is 2.18. The largest absolute Gasteiger partial charge is 0.344 e. The van der Waals surface area contributed by atoms with Crippen molar-refractivity contribution in [1.82, 2.24) is 15.2 Å². The van der Waals surface area contributed by atoms with Crippen molar-refractivity contribution in [3.63, 3.8) is 0 Å². The van der Waals surface area contributed by atoms with Crippen LogP contribution in [0.2, 0.25) is 0 Å². The minimum absolute atomic E-state index is 0.633. The summed E-state index contributed by atoms with van der Waals surface area (Å²) in [5.74, 6) is 0. The van der Waals surface area contributed by atoms with Crippen LogP contribution in [0.15, 0.2) is 42.7 Å². The van der Waals surface area contributed by atoms with Crippen molar-refractivity contribution >= 4 is 16.6 Å². The third kappa shape index (κ3) is 2.34. The highest BCUT2D eigenvalue weighted by Crippen LogP contribution is 2.32. The van der Waals surface area contributed by atoms with Gasteiger partial charge in [-0.2, -0.15) is 0 Å². The van der Waals surface area contributed by atoms with Crippen LogP contribution in [0.25, 0.3) is 10.9 Å². The Hall–Kier alpha value is -1.78. The third-order valence-corrected chi connectivity index (χ3v) is 4.58. The minimum Gasteiger partial charge on any atom is -0.344 e. The molecule has 110 valence electrons. The normalized spacial score (nSPS) is 20.3. The number of benzene rings is 1. The maximum Gasteiger partial charge on any atom is 0.0728 e. The molecule has 3 heterocycles. The van der Waals surface area contributed by atoms with Crippen LogP contribution >= 0.6 is 0 Å². The zero-order chi connectivity index (χ0) is 14.1. The maximum absolute atomic E-state index is 3.45. The van der Waals surface area contributed by atoms with Gasteiger partial charge in [-0.25, -0.2) is 0 Å². The van der Waals surface area contributed by atoms with Crippen molar-refractivity contribution in [3.05, 3.63) is 42.7 Å². The first-order valence-corrected chi connectivity index (χ1v) is 7.88. The predicted octanol–water partition coefficient (Wildman–Crippen LogP) is 2.45. The molecule has 1 fully saturated rings. The number of hydrogen-bond donors (Lipinski definition) is 2. The lowest BCUT2D eigenvalue weighted by Gasteiger charge is -2.27. The Bertz CT molecular complexity index is 652. The van der Waals surface area contributed by atoms with Gasteiger partial charge in [0.05, 0.1) is 17.9 Å². The van der Waals surface area contributed by atoms with E-state index in [1.807, 2.05) is 0 Å². The smallest absolute Gasteiger partial charge is 0.0728 e. The van der Waals surface area contributed by atoms with Crippen LogP contribution < -0.4 is 15.5 Å². The van der Waals surface area contributed by atoms with Crippen molar-refractivity contribution < 1.29 is 0 Å². The molecule has 4 rings (SSSR count). The average Bonchev–Trinajstić information content (AvgIpc) is 3.00. The number of anilines is 1. The van der Waals surface area contributed by atoms with E-state index in [9.17, 15) is 0 Å². The molecule has 2 aliphatic rings. The highest BCUT2D eigenvalue weighted by molar-refractivity contribution is 5.93. The Balaban J connectivity index is 1.75. The zero-order valence-electron chi connectivity index (χ0n) is 12.3. The van der Waals surface area contributed by atoms with Gasteiger partial charge in [-0.1, -0.05) is 12.1 Å². The summed E-state index contributed by atoms with van der Waals surface area (Å²) < 4.78 is 2.47. The van der Waals surface area contributed by atoms with Crippen molar-refractivity contribution in [1.29, 1.82) is 0 Å². The van der Waals surface area contributed by atoms with Gasteiger partial charge in [-0.3, -0.25) is 5.32 Å².